The summed E-state index contributed by atoms with van der Waals surface area (Å²) in [4.78, 5) is 22.9. The first-order chi connectivity index (χ1) is 13.3. The van der Waals surface area contributed by atoms with E-state index in [4.69, 9.17) is 9.84 Å². The maximum atomic E-state index is 12.6. The number of hydrogen-bond donors (Lipinski definition) is 2. The number of nitrogens with one attached hydrogen (secondary N) is 1. The van der Waals surface area contributed by atoms with Crippen LogP contribution in [-0.2, 0) is 26.0 Å². The summed E-state index contributed by atoms with van der Waals surface area (Å²) >= 11 is 0. The third kappa shape index (κ3) is 7.92. The molecular weight excluding hydrogens is 396 g/mol. The Hall–Kier alpha value is -2.29. The number of rotatable bonds is 9. The molecule has 8 nitrogen and oxygen atoms in total. The molecule has 29 heavy (non-hydrogen) atoms. The van der Waals surface area contributed by atoms with Crippen LogP contribution < -0.4 is 9.62 Å². The molecule has 0 aliphatic heterocycles. The van der Waals surface area contributed by atoms with E-state index in [0.29, 0.717) is 17.7 Å². The number of amides is 1. The molecule has 9 heteroatoms. The molecule has 0 saturated heterocycles. The smallest absolute Gasteiger partial charge is 0.407 e. The molecule has 1 rings (SSSR count). The van der Waals surface area contributed by atoms with Crippen LogP contribution in [0.2, 0.25) is 0 Å². The van der Waals surface area contributed by atoms with Crippen molar-refractivity contribution in [1.82, 2.24) is 5.32 Å². The zero-order valence-electron chi connectivity index (χ0n) is 18.0. The number of sulfonamides is 1. The Labute approximate surface area is 173 Å². The number of anilines is 1. The van der Waals surface area contributed by atoms with E-state index in [1.165, 1.54) is 0 Å². The van der Waals surface area contributed by atoms with E-state index in [9.17, 15) is 18.0 Å². The van der Waals surface area contributed by atoms with Gasteiger partial charge in [-0.15, -0.1) is 0 Å². The Morgan fingerprint density at radius 1 is 1.24 bits per heavy atom. The number of hydrogen-bond acceptors (Lipinski definition) is 5. The van der Waals surface area contributed by atoms with Crippen molar-refractivity contribution < 1.29 is 27.9 Å². The highest BCUT2D eigenvalue weighted by molar-refractivity contribution is 7.93. The van der Waals surface area contributed by atoms with Crippen LogP contribution in [0, 0.1) is 0 Å². The lowest BCUT2D eigenvalue weighted by Crippen LogP contribution is -2.36. The van der Waals surface area contributed by atoms with Crippen LogP contribution in [0.25, 0.3) is 0 Å². The highest BCUT2D eigenvalue weighted by Crippen LogP contribution is 2.28. The molecule has 0 aliphatic carbocycles. The zero-order chi connectivity index (χ0) is 22.4. The fourth-order valence-corrected chi connectivity index (χ4v) is 4.08. The summed E-state index contributed by atoms with van der Waals surface area (Å²) in [5, 5.41) is 11.6. The fourth-order valence-electron chi connectivity index (χ4n) is 2.75. The number of nitrogens with zero attached hydrogens (tertiary/aromatic N) is 1. The van der Waals surface area contributed by atoms with Crippen LogP contribution >= 0.6 is 0 Å². The molecule has 0 atom stereocenters. The molecule has 0 radical (unpaired) electrons. The lowest BCUT2D eigenvalue weighted by Gasteiger charge is -2.26. The van der Waals surface area contributed by atoms with E-state index in [0.717, 1.165) is 9.87 Å². The molecule has 0 fully saturated rings. The van der Waals surface area contributed by atoms with Gasteiger partial charge in [0.25, 0.3) is 0 Å². The molecule has 0 saturated carbocycles. The molecule has 0 bridgehead atoms. The zero-order valence-corrected chi connectivity index (χ0v) is 18.8. The molecular formula is C20H32N2O6S. The number of benzene rings is 1. The molecule has 1 aromatic carbocycles. The summed E-state index contributed by atoms with van der Waals surface area (Å²) in [6.45, 7) is 11.3. The Bertz CT molecular complexity index is 828. The van der Waals surface area contributed by atoms with Crippen LogP contribution in [0.1, 0.15) is 58.6 Å². The van der Waals surface area contributed by atoms with Crippen molar-refractivity contribution in [3.05, 3.63) is 29.3 Å². The predicted molar refractivity (Wildman–Crippen MR) is 113 cm³/mol. The minimum atomic E-state index is -4.03. The van der Waals surface area contributed by atoms with E-state index in [1.807, 2.05) is 26.0 Å². The van der Waals surface area contributed by atoms with Crippen LogP contribution in [0.3, 0.4) is 0 Å². The van der Waals surface area contributed by atoms with Crippen molar-refractivity contribution in [3.63, 3.8) is 0 Å². The average molecular weight is 429 g/mol. The Morgan fingerprint density at radius 2 is 1.86 bits per heavy atom. The molecule has 1 amide bonds. The fraction of sp³-hybridized carbons (Fsp3) is 0.600. The Balaban J connectivity index is 3.15. The first kappa shape index (κ1) is 24.7. The van der Waals surface area contributed by atoms with Gasteiger partial charge in [0.1, 0.15) is 5.60 Å². The van der Waals surface area contributed by atoms with Crippen molar-refractivity contribution in [1.29, 1.82) is 0 Å². The van der Waals surface area contributed by atoms with Gasteiger partial charge in [0, 0.05) is 13.1 Å². The normalized spacial score (nSPS) is 12.0. The summed E-state index contributed by atoms with van der Waals surface area (Å²) < 4.78 is 31.5. The Morgan fingerprint density at radius 3 is 2.34 bits per heavy atom. The van der Waals surface area contributed by atoms with E-state index < -0.39 is 33.4 Å². The van der Waals surface area contributed by atoms with E-state index >= 15 is 0 Å². The van der Waals surface area contributed by atoms with Crippen LogP contribution in [0.4, 0.5) is 10.5 Å². The number of carboxylic acids is 1. The summed E-state index contributed by atoms with van der Waals surface area (Å²) in [5.41, 5.74) is 1.46. The summed E-state index contributed by atoms with van der Waals surface area (Å²) in [5.74, 6) is -2.22. The van der Waals surface area contributed by atoms with Crippen molar-refractivity contribution in [2.45, 2.75) is 59.5 Å². The monoisotopic (exact) mass is 428 g/mol. The number of ether oxygens (including phenoxy) is 1. The van der Waals surface area contributed by atoms with E-state index in [-0.39, 0.29) is 19.0 Å². The average Bonchev–Trinajstić information content (AvgIpc) is 2.53. The molecule has 0 unspecified atom stereocenters. The number of carbonyl (C=O) groups is 2. The highest BCUT2D eigenvalue weighted by atomic mass is 32.2. The molecule has 0 spiro atoms. The van der Waals surface area contributed by atoms with Gasteiger partial charge in [-0.2, -0.15) is 0 Å². The minimum Gasteiger partial charge on any atom is -0.480 e. The lowest BCUT2D eigenvalue weighted by molar-refractivity contribution is -0.134. The van der Waals surface area contributed by atoms with Gasteiger partial charge >= 0.3 is 12.1 Å². The highest BCUT2D eigenvalue weighted by Gasteiger charge is 2.26. The van der Waals surface area contributed by atoms with E-state index in [2.05, 4.69) is 5.32 Å². The van der Waals surface area contributed by atoms with Gasteiger partial charge in [-0.25, -0.2) is 13.2 Å². The molecule has 0 aliphatic rings. The van der Waals surface area contributed by atoms with Gasteiger partial charge in [0.15, 0.2) is 5.75 Å². The standard InChI is InChI=1S/C20H32N2O6S/c1-7-22(29(26,27)13-18(23)24)17-12-16(14(2)3)9-8-15(17)10-11-21-19(25)28-20(4,5)6/h8-9,12,14H,7,10-11,13H2,1-6H3,(H,21,25)(H,23,24). The number of alkyl carbamates (subject to hydrolysis) is 1. The number of aliphatic carboxylic acids is 1. The molecule has 1 aromatic rings. The molecule has 2 N–H and O–H groups in total. The first-order valence-corrected chi connectivity index (χ1v) is 11.2. The van der Waals surface area contributed by atoms with E-state index in [1.54, 1.807) is 33.8 Å². The number of carbonyl (C=O) groups excluding carboxylic acids is 1. The second-order valence-electron chi connectivity index (χ2n) is 8.04. The largest absolute Gasteiger partial charge is 0.480 e. The maximum absolute atomic E-state index is 12.6. The quantitative estimate of drug-likeness (QED) is 0.625. The second-order valence-corrected chi connectivity index (χ2v) is 9.93. The minimum absolute atomic E-state index is 0.101. The molecule has 164 valence electrons. The van der Waals surface area contributed by atoms with Crippen LogP contribution in [0.15, 0.2) is 18.2 Å². The van der Waals surface area contributed by atoms with Gasteiger partial charge in [0.05, 0.1) is 5.69 Å². The SMILES string of the molecule is CCN(c1cc(C(C)C)ccc1CCNC(=O)OC(C)(C)C)S(=O)(=O)CC(=O)O. The van der Waals surface area contributed by atoms with Gasteiger partial charge < -0.3 is 15.2 Å². The molecule has 0 aromatic heterocycles. The summed E-state index contributed by atoms with van der Waals surface area (Å²) in [6.07, 6.45) is -0.185. The third-order valence-corrected chi connectivity index (χ3v) is 5.77. The van der Waals surface area contributed by atoms with Crippen molar-refractivity contribution in [3.8, 4) is 0 Å². The predicted octanol–water partition coefficient (Wildman–Crippen LogP) is 3.12. The maximum Gasteiger partial charge on any atom is 0.407 e. The van der Waals surface area contributed by atoms with Crippen molar-refractivity contribution in [2.75, 3.05) is 23.1 Å². The second kappa shape index (κ2) is 9.96. The van der Waals surface area contributed by atoms with Gasteiger partial charge in [-0.05, 0) is 57.2 Å². The van der Waals surface area contributed by atoms with Gasteiger partial charge in [-0.1, -0.05) is 26.0 Å². The van der Waals surface area contributed by atoms with Crippen molar-refractivity contribution in [2.24, 2.45) is 0 Å². The Kier molecular flexibility index (Phi) is 8.50. The van der Waals surface area contributed by atoms with Gasteiger partial charge in [-0.3, -0.25) is 9.10 Å². The first-order valence-electron chi connectivity index (χ1n) is 9.58. The lowest BCUT2D eigenvalue weighted by atomic mass is 9.99. The summed E-state index contributed by atoms with van der Waals surface area (Å²) in [6, 6.07) is 5.51. The van der Waals surface area contributed by atoms with Crippen molar-refractivity contribution >= 4 is 27.8 Å². The van der Waals surface area contributed by atoms with Crippen LogP contribution in [-0.4, -0.2) is 50.0 Å². The number of carboxylic acid groups (broad SMARTS) is 1. The summed E-state index contributed by atoms with van der Waals surface area (Å²) in [7, 11) is -4.03. The van der Waals surface area contributed by atoms with Gasteiger partial charge in [0.2, 0.25) is 10.0 Å². The topological polar surface area (TPSA) is 113 Å². The molecule has 0 heterocycles. The third-order valence-electron chi connectivity index (χ3n) is 4.04. The van der Waals surface area contributed by atoms with Crippen LogP contribution in [0.5, 0.6) is 0 Å².